The molecule has 128 valence electrons. The van der Waals surface area contributed by atoms with Gasteiger partial charge in [-0.2, -0.15) is 4.37 Å². The average Bonchev–Trinajstić information content (AvgIpc) is 2.91. The van der Waals surface area contributed by atoms with E-state index in [1.807, 2.05) is 0 Å². The molecule has 1 atom stereocenters. The molecule has 0 radical (unpaired) electrons. The highest BCUT2D eigenvalue weighted by Gasteiger charge is 2.20. The highest BCUT2D eigenvalue weighted by atomic mass is 35.5. The summed E-state index contributed by atoms with van der Waals surface area (Å²) < 4.78 is 14.2. The molecule has 0 saturated carbocycles. The Morgan fingerprint density at radius 1 is 1.27 bits per heavy atom. The van der Waals surface area contributed by atoms with E-state index in [1.54, 1.807) is 0 Å². The molecule has 2 N–H and O–H groups in total. The number of anilines is 1. The summed E-state index contributed by atoms with van der Waals surface area (Å²) in [6.45, 7) is 8.96. The van der Waals surface area contributed by atoms with Crippen molar-refractivity contribution in [3.8, 4) is 5.88 Å². The van der Waals surface area contributed by atoms with E-state index in [4.69, 9.17) is 4.74 Å². The van der Waals surface area contributed by atoms with Gasteiger partial charge in [-0.05, 0) is 40.0 Å². The maximum atomic E-state index is 9.97. The number of ether oxygens (including phenoxy) is 1. The summed E-state index contributed by atoms with van der Waals surface area (Å²) >= 11 is 1.17. The third-order valence-corrected chi connectivity index (χ3v) is 3.88. The van der Waals surface area contributed by atoms with Gasteiger partial charge in [-0.15, -0.1) is 16.8 Å². The first-order valence-electron chi connectivity index (χ1n) is 7.59. The average molecular weight is 351 g/mol. The number of β-amino-alcohol motifs (C(OH)–C–C–N with tert-alkyl or cyclic N) is 1. The van der Waals surface area contributed by atoms with Crippen LogP contribution in [0.25, 0.3) is 0 Å². The molecule has 0 aliphatic carbocycles. The lowest BCUT2D eigenvalue weighted by Crippen LogP contribution is -2.42. The van der Waals surface area contributed by atoms with Crippen LogP contribution in [0.15, 0.2) is 0 Å². The number of hydrogen-bond acceptors (Lipinski definition) is 7. The fourth-order valence-electron chi connectivity index (χ4n) is 2.22. The Hall–Kier alpha value is -0.630. The Balaban J connectivity index is 0.00000242. The molecule has 1 fully saturated rings. The molecule has 2 heterocycles. The van der Waals surface area contributed by atoms with Crippen molar-refractivity contribution in [2.24, 2.45) is 0 Å². The van der Waals surface area contributed by atoms with Crippen molar-refractivity contribution >= 4 is 30.0 Å². The number of halogens is 1. The number of hydrogen-bond donors (Lipinski definition) is 2. The van der Waals surface area contributed by atoms with Gasteiger partial charge in [-0.25, -0.2) is 0 Å². The van der Waals surface area contributed by atoms with Crippen LogP contribution in [-0.4, -0.2) is 51.7 Å². The summed E-state index contributed by atoms with van der Waals surface area (Å²) in [7, 11) is 0. The van der Waals surface area contributed by atoms with Crippen molar-refractivity contribution in [2.45, 2.75) is 51.7 Å². The first kappa shape index (κ1) is 19.4. The van der Waals surface area contributed by atoms with E-state index in [0.717, 1.165) is 18.9 Å². The molecule has 1 aliphatic heterocycles. The Bertz CT molecular complexity index is 433. The van der Waals surface area contributed by atoms with Crippen LogP contribution >= 0.6 is 24.1 Å². The van der Waals surface area contributed by atoms with Crippen LogP contribution in [0.1, 0.15) is 40.0 Å². The fraction of sp³-hybridized carbons (Fsp3) is 0.857. The largest absolute Gasteiger partial charge is 0.472 e. The SMILES string of the molecule is CC(C)(C)NCC(O)COc1nsnc1N1CCCCC1.Cl. The summed E-state index contributed by atoms with van der Waals surface area (Å²) in [4.78, 5) is 2.22. The molecule has 1 aromatic rings. The van der Waals surface area contributed by atoms with Gasteiger partial charge in [0.2, 0.25) is 5.82 Å². The van der Waals surface area contributed by atoms with Gasteiger partial charge in [-0.3, -0.25) is 0 Å². The third-order valence-electron chi connectivity index (χ3n) is 3.38. The molecule has 0 spiro atoms. The highest BCUT2D eigenvalue weighted by molar-refractivity contribution is 6.99. The standard InChI is InChI=1S/C14H26N4O2S.ClH/c1-14(2,3)15-9-11(19)10-20-13-12(16-21-17-13)18-7-5-4-6-8-18;/h11,15,19H,4-10H2,1-3H3;1H. The van der Waals surface area contributed by atoms with Gasteiger partial charge in [0.25, 0.3) is 5.88 Å². The zero-order valence-corrected chi connectivity index (χ0v) is 15.2. The molecule has 1 saturated heterocycles. The predicted molar refractivity (Wildman–Crippen MR) is 92.5 cm³/mol. The lowest BCUT2D eigenvalue weighted by Gasteiger charge is -2.27. The Kier molecular flexibility index (Phi) is 7.82. The monoisotopic (exact) mass is 350 g/mol. The number of aliphatic hydroxyl groups excluding tert-OH is 1. The zero-order chi connectivity index (χ0) is 15.3. The van der Waals surface area contributed by atoms with Gasteiger partial charge in [0.1, 0.15) is 12.7 Å². The number of aliphatic hydroxyl groups is 1. The second-order valence-electron chi connectivity index (χ2n) is 6.54. The summed E-state index contributed by atoms with van der Waals surface area (Å²) in [6.07, 6.45) is 3.10. The van der Waals surface area contributed by atoms with Crippen LogP contribution in [0.4, 0.5) is 5.82 Å². The van der Waals surface area contributed by atoms with E-state index >= 15 is 0 Å². The van der Waals surface area contributed by atoms with Crippen molar-refractivity contribution in [3.05, 3.63) is 0 Å². The maximum absolute atomic E-state index is 9.97. The molecule has 0 aromatic carbocycles. The molecule has 1 aliphatic rings. The van der Waals surface area contributed by atoms with Gasteiger partial charge in [0.05, 0.1) is 11.7 Å². The summed E-state index contributed by atoms with van der Waals surface area (Å²) in [5.41, 5.74) is -0.0118. The number of nitrogens with zero attached hydrogens (tertiary/aromatic N) is 3. The van der Waals surface area contributed by atoms with Crippen molar-refractivity contribution in [3.63, 3.8) is 0 Å². The molecule has 1 aromatic heterocycles. The summed E-state index contributed by atoms with van der Waals surface area (Å²) in [5, 5.41) is 13.2. The van der Waals surface area contributed by atoms with Crippen molar-refractivity contribution in [2.75, 3.05) is 31.1 Å². The normalized spacial score (nSPS) is 17.0. The van der Waals surface area contributed by atoms with Gasteiger partial charge < -0.3 is 20.1 Å². The highest BCUT2D eigenvalue weighted by Crippen LogP contribution is 2.28. The van der Waals surface area contributed by atoms with Crippen LogP contribution in [0, 0.1) is 0 Å². The van der Waals surface area contributed by atoms with Gasteiger partial charge in [-0.1, -0.05) is 0 Å². The maximum Gasteiger partial charge on any atom is 0.270 e. The van der Waals surface area contributed by atoms with Crippen molar-refractivity contribution < 1.29 is 9.84 Å². The van der Waals surface area contributed by atoms with E-state index in [-0.39, 0.29) is 24.6 Å². The van der Waals surface area contributed by atoms with Crippen LogP contribution < -0.4 is 15.0 Å². The van der Waals surface area contributed by atoms with Crippen LogP contribution in [0.2, 0.25) is 0 Å². The Labute approximate surface area is 143 Å². The molecule has 2 rings (SSSR count). The van der Waals surface area contributed by atoms with E-state index < -0.39 is 6.10 Å². The van der Waals surface area contributed by atoms with Crippen molar-refractivity contribution in [1.29, 1.82) is 0 Å². The summed E-state index contributed by atoms with van der Waals surface area (Å²) in [5.74, 6) is 1.38. The van der Waals surface area contributed by atoms with Crippen LogP contribution in [-0.2, 0) is 0 Å². The molecule has 6 nitrogen and oxygen atoms in total. The first-order chi connectivity index (χ1) is 9.96. The molecular weight excluding hydrogens is 324 g/mol. The smallest absolute Gasteiger partial charge is 0.270 e. The predicted octanol–water partition coefficient (Wildman–Crippen LogP) is 2.08. The van der Waals surface area contributed by atoms with E-state index in [2.05, 4.69) is 39.7 Å². The fourth-order valence-corrected chi connectivity index (χ4v) is 2.74. The third kappa shape index (κ3) is 6.24. The first-order valence-corrected chi connectivity index (χ1v) is 8.32. The molecule has 0 amide bonds. The lowest BCUT2D eigenvalue weighted by molar-refractivity contribution is 0.0984. The minimum absolute atomic E-state index is 0. The molecule has 0 bridgehead atoms. The second-order valence-corrected chi connectivity index (χ2v) is 7.06. The Morgan fingerprint density at radius 3 is 2.59 bits per heavy atom. The number of rotatable bonds is 6. The quantitative estimate of drug-likeness (QED) is 0.818. The zero-order valence-electron chi connectivity index (χ0n) is 13.5. The van der Waals surface area contributed by atoms with Gasteiger partial charge in [0.15, 0.2) is 0 Å². The second kappa shape index (κ2) is 8.86. The van der Waals surface area contributed by atoms with E-state index in [0.29, 0.717) is 12.4 Å². The van der Waals surface area contributed by atoms with Gasteiger partial charge in [0, 0.05) is 25.2 Å². The van der Waals surface area contributed by atoms with E-state index in [1.165, 1.54) is 31.0 Å². The topological polar surface area (TPSA) is 70.5 Å². The van der Waals surface area contributed by atoms with Crippen molar-refractivity contribution in [1.82, 2.24) is 14.1 Å². The van der Waals surface area contributed by atoms with Crippen LogP contribution in [0.5, 0.6) is 5.88 Å². The minimum Gasteiger partial charge on any atom is -0.472 e. The summed E-state index contributed by atoms with van der Waals surface area (Å²) in [6, 6.07) is 0. The number of nitrogens with one attached hydrogen (secondary N) is 1. The minimum atomic E-state index is -0.555. The van der Waals surface area contributed by atoms with Gasteiger partial charge >= 0.3 is 0 Å². The number of aromatic nitrogens is 2. The molecule has 8 heteroatoms. The Morgan fingerprint density at radius 2 is 1.95 bits per heavy atom. The van der Waals surface area contributed by atoms with Crippen LogP contribution in [0.3, 0.4) is 0 Å². The molecule has 22 heavy (non-hydrogen) atoms. The lowest BCUT2D eigenvalue weighted by atomic mass is 10.1. The molecular formula is C14H27ClN4O2S. The molecule has 1 unspecified atom stereocenters. The van der Waals surface area contributed by atoms with E-state index in [9.17, 15) is 5.11 Å². The number of piperidine rings is 1.